The van der Waals surface area contributed by atoms with E-state index in [4.69, 9.17) is 14.7 Å². The fraction of sp³-hybridized carbons (Fsp3) is 0.609. The second-order valence-electron chi connectivity index (χ2n) is 9.14. The number of hydrogen-bond donors (Lipinski definition) is 2. The molecule has 166 valence electrons. The number of aliphatic hydroxyl groups is 1. The number of nitrogens with one attached hydrogen (secondary N) is 1. The molecule has 0 amide bonds. The Hall–Kier alpha value is -1.90. The zero-order valence-electron chi connectivity index (χ0n) is 18.4. The molecule has 1 spiro atoms. The summed E-state index contributed by atoms with van der Waals surface area (Å²) < 4.78 is 5.66. The Morgan fingerprint density at radius 2 is 2.03 bits per heavy atom. The number of anilines is 2. The molecule has 3 fully saturated rings. The van der Waals surface area contributed by atoms with Gasteiger partial charge in [-0.15, -0.1) is 0 Å². The lowest BCUT2D eigenvalue weighted by Gasteiger charge is -2.39. The minimum absolute atomic E-state index is 0.106. The van der Waals surface area contributed by atoms with Crippen LogP contribution in [-0.4, -0.2) is 52.4 Å². The molecule has 0 unspecified atom stereocenters. The molecule has 31 heavy (non-hydrogen) atoms. The summed E-state index contributed by atoms with van der Waals surface area (Å²) in [5, 5.41) is 14.4. The minimum atomic E-state index is -0.106. The molecular weight excluding hydrogens is 410 g/mol. The van der Waals surface area contributed by atoms with Gasteiger partial charge in [-0.25, -0.2) is 15.0 Å². The van der Waals surface area contributed by atoms with Crippen LogP contribution in [0.1, 0.15) is 49.1 Å². The van der Waals surface area contributed by atoms with Crippen molar-refractivity contribution < 1.29 is 9.84 Å². The Balaban J connectivity index is 1.35. The van der Waals surface area contributed by atoms with Crippen molar-refractivity contribution in [1.29, 1.82) is 0 Å². The lowest BCUT2D eigenvalue weighted by atomic mass is 9.78. The Labute approximate surface area is 188 Å². The van der Waals surface area contributed by atoms with E-state index < -0.39 is 0 Å². The lowest BCUT2D eigenvalue weighted by molar-refractivity contribution is 0.133. The van der Waals surface area contributed by atoms with Crippen molar-refractivity contribution >= 4 is 23.4 Å². The average molecular weight is 442 g/mol. The summed E-state index contributed by atoms with van der Waals surface area (Å²) >= 11 is 1.60. The van der Waals surface area contributed by atoms with Gasteiger partial charge in [-0.1, -0.05) is 11.8 Å². The minimum Gasteiger partial charge on any atom is -0.390 e. The van der Waals surface area contributed by atoms with Gasteiger partial charge in [0, 0.05) is 42.4 Å². The molecule has 3 aliphatic rings. The van der Waals surface area contributed by atoms with Crippen LogP contribution in [0.2, 0.25) is 0 Å². The summed E-state index contributed by atoms with van der Waals surface area (Å²) in [7, 11) is 0. The number of aliphatic hydroxyl groups excluding tert-OH is 1. The molecule has 2 saturated heterocycles. The average Bonchev–Trinajstić information content (AvgIpc) is 3.49. The third kappa shape index (κ3) is 4.38. The maximum Gasteiger partial charge on any atom is 0.153 e. The Morgan fingerprint density at radius 1 is 1.23 bits per heavy atom. The van der Waals surface area contributed by atoms with Gasteiger partial charge in [0.15, 0.2) is 5.82 Å². The van der Waals surface area contributed by atoms with Crippen LogP contribution in [0.3, 0.4) is 0 Å². The van der Waals surface area contributed by atoms with Gasteiger partial charge in [-0.05, 0) is 57.4 Å². The van der Waals surface area contributed by atoms with Gasteiger partial charge < -0.3 is 20.1 Å². The fourth-order valence-electron chi connectivity index (χ4n) is 4.52. The van der Waals surface area contributed by atoms with Gasteiger partial charge in [-0.3, -0.25) is 0 Å². The first kappa shape index (κ1) is 21.0. The second-order valence-corrected chi connectivity index (χ2v) is 10.2. The van der Waals surface area contributed by atoms with E-state index in [1.54, 1.807) is 11.8 Å². The quantitative estimate of drug-likeness (QED) is 0.702. The zero-order valence-corrected chi connectivity index (χ0v) is 19.2. The van der Waals surface area contributed by atoms with E-state index in [0.29, 0.717) is 17.2 Å². The molecule has 0 aromatic carbocycles. The van der Waals surface area contributed by atoms with Crippen molar-refractivity contribution in [3.8, 4) is 0 Å². The van der Waals surface area contributed by atoms with Gasteiger partial charge in [0.05, 0.1) is 18.9 Å². The van der Waals surface area contributed by atoms with E-state index in [2.05, 4.69) is 22.1 Å². The molecule has 5 rings (SSSR count). The first-order chi connectivity index (χ1) is 15.1. The largest absolute Gasteiger partial charge is 0.390 e. The second kappa shape index (κ2) is 8.56. The van der Waals surface area contributed by atoms with E-state index in [-0.39, 0.29) is 6.61 Å². The topological polar surface area (TPSA) is 83.4 Å². The van der Waals surface area contributed by atoms with Crippen LogP contribution in [0.25, 0.3) is 0 Å². The van der Waals surface area contributed by atoms with E-state index in [9.17, 15) is 5.11 Å². The summed E-state index contributed by atoms with van der Waals surface area (Å²) in [6.07, 6.45) is 7.67. The van der Waals surface area contributed by atoms with Crippen LogP contribution in [0.4, 0.5) is 11.6 Å². The van der Waals surface area contributed by atoms with Crippen LogP contribution in [0, 0.1) is 19.3 Å². The van der Waals surface area contributed by atoms with Crippen LogP contribution in [0.5, 0.6) is 0 Å². The van der Waals surface area contributed by atoms with Gasteiger partial charge in [0.2, 0.25) is 0 Å². The van der Waals surface area contributed by atoms with Crippen LogP contribution in [-0.2, 0) is 11.3 Å². The zero-order chi connectivity index (χ0) is 21.4. The third-order valence-electron chi connectivity index (χ3n) is 6.82. The molecule has 0 atom stereocenters. The van der Waals surface area contributed by atoms with Crippen molar-refractivity contribution in [2.24, 2.45) is 5.41 Å². The van der Waals surface area contributed by atoms with Crippen molar-refractivity contribution in [2.75, 3.05) is 36.5 Å². The number of nitrogens with zero attached hydrogens (tertiary/aromatic N) is 4. The Bertz CT molecular complexity index is 949. The molecule has 2 aromatic rings. The molecule has 8 heteroatoms. The maximum atomic E-state index is 10.1. The predicted octanol–water partition coefficient (Wildman–Crippen LogP) is 3.71. The summed E-state index contributed by atoms with van der Waals surface area (Å²) in [4.78, 5) is 17.7. The van der Waals surface area contributed by atoms with E-state index >= 15 is 0 Å². The number of hydrogen-bond acceptors (Lipinski definition) is 8. The molecule has 7 nitrogen and oxygen atoms in total. The maximum absolute atomic E-state index is 10.1. The van der Waals surface area contributed by atoms with Gasteiger partial charge in [0.25, 0.3) is 0 Å². The summed E-state index contributed by atoms with van der Waals surface area (Å²) in [5.74, 6) is 1.79. The molecule has 0 radical (unpaired) electrons. The van der Waals surface area contributed by atoms with E-state index in [0.717, 1.165) is 78.4 Å². The fourth-order valence-corrected chi connectivity index (χ4v) is 5.45. The van der Waals surface area contributed by atoms with E-state index in [1.165, 1.54) is 12.8 Å². The summed E-state index contributed by atoms with van der Waals surface area (Å²) in [6, 6.07) is 2.59. The van der Waals surface area contributed by atoms with Crippen LogP contribution in [0.15, 0.2) is 22.2 Å². The van der Waals surface area contributed by atoms with Crippen molar-refractivity contribution in [3.05, 3.63) is 29.2 Å². The van der Waals surface area contributed by atoms with E-state index in [1.807, 2.05) is 19.2 Å². The highest BCUT2D eigenvalue weighted by atomic mass is 32.2. The molecular formula is C23H31N5O2S. The molecule has 2 aromatic heterocycles. The number of ether oxygens (including phenoxy) is 1. The first-order valence-corrected chi connectivity index (χ1v) is 12.1. The van der Waals surface area contributed by atoms with Gasteiger partial charge in [-0.2, -0.15) is 0 Å². The molecule has 1 saturated carbocycles. The molecule has 4 heterocycles. The first-order valence-electron chi connectivity index (χ1n) is 11.3. The van der Waals surface area contributed by atoms with Crippen LogP contribution < -0.4 is 10.2 Å². The number of aromatic nitrogens is 3. The molecule has 2 aliphatic heterocycles. The Morgan fingerprint density at radius 3 is 2.71 bits per heavy atom. The monoisotopic (exact) mass is 441 g/mol. The summed E-state index contributed by atoms with van der Waals surface area (Å²) in [5.41, 5.74) is 3.04. The highest BCUT2D eigenvalue weighted by molar-refractivity contribution is 7.99. The predicted molar refractivity (Wildman–Crippen MR) is 122 cm³/mol. The molecule has 1 aliphatic carbocycles. The number of pyridine rings is 1. The summed E-state index contributed by atoms with van der Waals surface area (Å²) in [6.45, 7) is 7.66. The third-order valence-corrected chi connectivity index (χ3v) is 8.06. The van der Waals surface area contributed by atoms with Crippen LogP contribution >= 0.6 is 11.8 Å². The van der Waals surface area contributed by atoms with Crippen molar-refractivity contribution in [3.63, 3.8) is 0 Å². The lowest BCUT2D eigenvalue weighted by Crippen LogP contribution is -2.41. The van der Waals surface area contributed by atoms with Gasteiger partial charge >= 0.3 is 0 Å². The smallest absolute Gasteiger partial charge is 0.153 e. The SMILES string of the molecule is Cc1nc(N2CCC3(CCOC3)CC2)c(CO)nc1Sc1ccnc(NC2CC2)c1C. The highest BCUT2D eigenvalue weighted by Gasteiger charge is 2.38. The number of rotatable bonds is 6. The standard InChI is InChI=1S/C23H31N5O2S/c1-15-19(5-9-24-20(15)26-17-3-4-17)31-22-16(2)25-21(18(13-29)27-22)28-10-6-23(7-11-28)8-12-30-14-23/h5,9,17,29H,3-4,6-8,10-14H2,1-2H3,(H,24,26). The molecule has 0 bridgehead atoms. The highest BCUT2D eigenvalue weighted by Crippen LogP contribution is 2.41. The normalized spacial score (nSPS) is 20.4. The number of aryl methyl sites for hydroxylation is 1. The van der Waals surface area contributed by atoms with Gasteiger partial charge in [0.1, 0.15) is 16.5 Å². The Kier molecular flexibility index (Phi) is 5.79. The van der Waals surface area contributed by atoms with Crippen molar-refractivity contribution in [2.45, 2.75) is 68.5 Å². The van der Waals surface area contributed by atoms with Crippen molar-refractivity contribution in [1.82, 2.24) is 15.0 Å². The number of piperidine rings is 1. The molecule has 2 N–H and O–H groups in total.